The number of carbonyl (C=O) groups is 1. The smallest absolute Gasteiger partial charge is 0.407 e. The maximum absolute atomic E-state index is 11.8. The van der Waals surface area contributed by atoms with E-state index in [9.17, 15) is 4.79 Å². The summed E-state index contributed by atoms with van der Waals surface area (Å²) >= 11 is 0. The fourth-order valence-electron chi connectivity index (χ4n) is 2.66. The van der Waals surface area contributed by atoms with Gasteiger partial charge in [0.15, 0.2) is 0 Å². The number of nitrogens with one attached hydrogen (secondary N) is 2. The van der Waals surface area contributed by atoms with E-state index >= 15 is 0 Å². The molecular weight excluding hydrogens is 280 g/mol. The monoisotopic (exact) mass is 314 g/mol. The first-order valence-electron chi connectivity index (χ1n) is 8.51. The largest absolute Gasteiger partial charge is 0.444 e. The minimum absolute atomic E-state index is 0.243. The first kappa shape index (κ1) is 19.2. The fourth-order valence-corrected chi connectivity index (χ4v) is 2.66. The Labute approximate surface area is 135 Å². The quantitative estimate of drug-likeness (QED) is 0.758. The first-order chi connectivity index (χ1) is 10.2. The Morgan fingerprint density at radius 2 is 2.00 bits per heavy atom. The summed E-state index contributed by atoms with van der Waals surface area (Å²) in [5.41, 5.74) is -0.459. The molecule has 0 bridgehead atoms. The third kappa shape index (κ3) is 8.59. The molecule has 0 spiro atoms. The van der Waals surface area contributed by atoms with E-state index in [-0.39, 0.29) is 12.1 Å². The molecule has 1 aliphatic heterocycles. The molecule has 0 saturated carbocycles. The third-order valence-corrected chi connectivity index (χ3v) is 3.60. The molecule has 1 rings (SSSR count). The average Bonchev–Trinajstić information content (AvgIpc) is 2.76. The SMILES string of the molecule is CC(C)CC(CNC(=O)OC(C)(C)C)NCC1CCC(C)O1. The van der Waals surface area contributed by atoms with Crippen molar-refractivity contribution in [2.24, 2.45) is 5.92 Å². The summed E-state index contributed by atoms with van der Waals surface area (Å²) in [7, 11) is 0. The van der Waals surface area contributed by atoms with Crippen LogP contribution in [-0.2, 0) is 9.47 Å². The molecule has 0 radical (unpaired) electrons. The van der Waals surface area contributed by atoms with Gasteiger partial charge in [-0.15, -0.1) is 0 Å². The van der Waals surface area contributed by atoms with E-state index in [1.807, 2.05) is 20.8 Å². The molecular formula is C17H34N2O3. The Hall–Kier alpha value is -0.810. The number of carbonyl (C=O) groups excluding carboxylic acids is 1. The van der Waals surface area contributed by atoms with Crippen LogP contribution in [0.3, 0.4) is 0 Å². The van der Waals surface area contributed by atoms with E-state index in [0.29, 0.717) is 24.7 Å². The van der Waals surface area contributed by atoms with Gasteiger partial charge in [0, 0.05) is 19.1 Å². The van der Waals surface area contributed by atoms with Crippen molar-refractivity contribution < 1.29 is 14.3 Å². The standard InChI is InChI=1S/C17H34N2O3/c1-12(2)9-14(10-19-16(20)22-17(4,5)6)18-11-15-8-7-13(3)21-15/h12-15,18H,7-11H2,1-6H3,(H,19,20). The van der Waals surface area contributed by atoms with Crippen LogP contribution >= 0.6 is 0 Å². The maximum atomic E-state index is 11.8. The lowest BCUT2D eigenvalue weighted by Crippen LogP contribution is -2.45. The van der Waals surface area contributed by atoms with E-state index in [2.05, 4.69) is 31.4 Å². The van der Waals surface area contributed by atoms with Gasteiger partial charge in [-0.25, -0.2) is 4.79 Å². The van der Waals surface area contributed by atoms with Crippen LogP contribution in [0.15, 0.2) is 0 Å². The molecule has 1 fully saturated rings. The van der Waals surface area contributed by atoms with E-state index in [4.69, 9.17) is 9.47 Å². The average molecular weight is 314 g/mol. The van der Waals surface area contributed by atoms with Crippen molar-refractivity contribution in [2.75, 3.05) is 13.1 Å². The van der Waals surface area contributed by atoms with Crippen LogP contribution in [0.25, 0.3) is 0 Å². The minimum atomic E-state index is -0.459. The molecule has 130 valence electrons. The molecule has 3 unspecified atom stereocenters. The van der Waals surface area contributed by atoms with Gasteiger partial charge in [-0.2, -0.15) is 0 Å². The summed E-state index contributed by atoms with van der Waals surface area (Å²) in [5.74, 6) is 0.571. The summed E-state index contributed by atoms with van der Waals surface area (Å²) < 4.78 is 11.1. The molecule has 2 N–H and O–H groups in total. The van der Waals surface area contributed by atoms with Gasteiger partial charge in [0.1, 0.15) is 5.60 Å². The third-order valence-electron chi connectivity index (χ3n) is 3.60. The zero-order valence-corrected chi connectivity index (χ0v) is 15.1. The second-order valence-corrected chi connectivity index (χ2v) is 7.76. The summed E-state index contributed by atoms with van der Waals surface area (Å²) in [6.07, 6.45) is 3.58. The van der Waals surface area contributed by atoms with E-state index in [1.165, 1.54) is 0 Å². The number of ether oxygens (including phenoxy) is 2. The van der Waals surface area contributed by atoms with Gasteiger partial charge in [0.05, 0.1) is 12.2 Å². The highest BCUT2D eigenvalue weighted by atomic mass is 16.6. The van der Waals surface area contributed by atoms with Gasteiger partial charge in [-0.1, -0.05) is 13.8 Å². The molecule has 5 heteroatoms. The number of rotatable bonds is 7. The predicted octanol–water partition coefficient (Wildman–Crippen LogP) is 3.08. The highest BCUT2D eigenvalue weighted by molar-refractivity contribution is 5.67. The van der Waals surface area contributed by atoms with Crippen molar-refractivity contribution in [1.29, 1.82) is 0 Å². The Kier molecular flexibility index (Phi) is 7.63. The first-order valence-corrected chi connectivity index (χ1v) is 8.51. The van der Waals surface area contributed by atoms with Crippen molar-refractivity contribution >= 4 is 6.09 Å². The number of alkyl carbamates (subject to hydrolysis) is 1. The van der Waals surface area contributed by atoms with Gasteiger partial charge in [0.2, 0.25) is 0 Å². The molecule has 0 aliphatic carbocycles. The fraction of sp³-hybridized carbons (Fsp3) is 0.941. The Balaban J connectivity index is 2.35. The minimum Gasteiger partial charge on any atom is -0.444 e. The van der Waals surface area contributed by atoms with Crippen molar-refractivity contribution in [3.63, 3.8) is 0 Å². The van der Waals surface area contributed by atoms with Crippen LogP contribution in [0, 0.1) is 5.92 Å². The molecule has 5 nitrogen and oxygen atoms in total. The molecule has 1 aliphatic rings. The van der Waals surface area contributed by atoms with Gasteiger partial charge in [-0.05, 0) is 52.9 Å². The van der Waals surface area contributed by atoms with Crippen LogP contribution in [-0.4, -0.2) is 43.0 Å². The summed E-state index contributed by atoms with van der Waals surface area (Å²) in [6.45, 7) is 13.5. The summed E-state index contributed by atoms with van der Waals surface area (Å²) in [4.78, 5) is 11.8. The second kappa shape index (κ2) is 8.73. The van der Waals surface area contributed by atoms with Crippen LogP contribution in [0.1, 0.15) is 60.8 Å². The molecule has 1 amide bonds. The van der Waals surface area contributed by atoms with Crippen LogP contribution < -0.4 is 10.6 Å². The van der Waals surface area contributed by atoms with Crippen molar-refractivity contribution in [1.82, 2.24) is 10.6 Å². The van der Waals surface area contributed by atoms with Crippen molar-refractivity contribution in [3.8, 4) is 0 Å². The Morgan fingerprint density at radius 1 is 1.32 bits per heavy atom. The molecule has 1 heterocycles. The van der Waals surface area contributed by atoms with Gasteiger partial charge in [0.25, 0.3) is 0 Å². The molecule has 0 aromatic heterocycles. The molecule has 0 aromatic carbocycles. The van der Waals surface area contributed by atoms with Crippen LogP contribution in [0.4, 0.5) is 4.79 Å². The lowest BCUT2D eigenvalue weighted by atomic mass is 10.0. The van der Waals surface area contributed by atoms with E-state index in [0.717, 1.165) is 25.8 Å². The molecule has 22 heavy (non-hydrogen) atoms. The van der Waals surface area contributed by atoms with Crippen LogP contribution in [0.5, 0.6) is 0 Å². The van der Waals surface area contributed by atoms with Gasteiger partial charge < -0.3 is 20.1 Å². The number of hydrogen-bond donors (Lipinski definition) is 2. The lowest BCUT2D eigenvalue weighted by Gasteiger charge is -2.24. The van der Waals surface area contributed by atoms with Crippen LogP contribution in [0.2, 0.25) is 0 Å². The number of amides is 1. The van der Waals surface area contributed by atoms with E-state index < -0.39 is 5.60 Å². The summed E-state index contributed by atoms with van der Waals surface area (Å²) in [5, 5.41) is 6.40. The van der Waals surface area contributed by atoms with Gasteiger partial charge in [-0.3, -0.25) is 0 Å². The molecule has 3 atom stereocenters. The van der Waals surface area contributed by atoms with Crippen molar-refractivity contribution in [2.45, 2.75) is 84.7 Å². The molecule has 0 aromatic rings. The molecule has 1 saturated heterocycles. The highest BCUT2D eigenvalue weighted by Gasteiger charge is 2.23. The topological polar surface area (TPSA) is 59.6 Å². The second-order valence-electron chi connectivity index (χ2n) is 7.76. The zero-order valence-electron chi connectivity index (χ0n) is 15.1. The van der Waals surface area contributed by atoms with E-state index in [1.54, 1.807) is 0 Å². The maximum Gasteiger partial charge on any atom is 0.407 e. The summed E-state index contributed by atoms with van der Waals surface area (Å²) in [6, 6.07) is 0.243. The normalized spacial score (nSPS) is 23.6. The number of hydrogen-bond acceptors (Lipinski definition) is 4. The van der Waals surface area contributed by atoms with Gasteiger partial charge >= 0.3 is 6.09 Å². The Bertz CT molecular complexity index is 339. The Morgan fingerprint density at radius 3 is 2.50 bits per heavy atom. The highest BCUT2D eigenvalue weighted by Crippen LogP contribution is 2.18. The lowest BCUT2D eigenvalue weighted by molar-refractivity contribution is 0.0498. The zero-order chi connectivity index (χ0) is 16.8. The predicted molar refractivity (Wildman–Crippen MR) is 89.1 cm³/mol. The van der Waals surface area contributed by atoms with Crippen molar-refractivity contribution in [3.05, 3.63) is 0 Å².